The molecule has 1 aromatic carbocycles. The number of urea groups is 1. The molecule has 0 aromatic heterocycles. The molecule has 2 fully saturated rings. The van der Waals surface area contributed by atoms with Crippen LogP contribution < -0.4 is 16.0 Å². The van der Waals surface area contributed by atoms with Crippen LogP contribution in [0.4, 0.5) is 9.18 Å². The van der Waals surface area contributed by atoms with Crippen molar-refractivity contribution in [3.05, 3.63) is 35.6 Å². The molecule has 3 rings (SSSR count). The maximum absolute atomic E-state index is 12.9. The monoisotopic (exact) mass is 409 g/mol. The van der Waals surface area contributed by atoms with Gasteiger partial charge in [-0.1, -0.05) is 12.1 Å². The van der Waals surface area contributed by atoms with Gasteiger partial charge in [0.2, 0.25) is 11.8 Å². The lowest BCUT2D eigenvalue weighted by atomic mass is 9.97. The van der Waals surface area contributed by atoms with E-state index < -0.39 is 12.1 Å². The first-order chi connectivity index (χ1) is 13.3. The Balaban J connectivity index is 1.59. The Hall–Kier alpha value is -2.17. The molecule has 3 N–H and O–H groups in total. The molecular weight excluding hydrogens is 385 g/mol. The number of nitrogens with one attached hydrogen (secondary N) is 3. The van der Waals surface area contributed by atoms with Gasteiger partial charge in [-0.3, -0.25) is 25.1 Å². The van der Waals surface area contributed by atoms with Crippen LogP contribution in [-0.2, 0) is 16.1 Å². The van der Waals surface area contributed by atoms with Gasteiger partial charge in [-0.2, -0.15) is 0 Å². The summed E-state index contributed by atoms with van der Waals surface area (Å²) in [5.41, 5.74) is 0.803. The average molecular weight is 409 g/mol. The Bertz CT molecular complexity index is 762. The fourth-order valence-corrected chi connectivity index (χ4v) is 4.59. The van der Waals surface area contributed by atoms with E-state index in [-0.39, 0.29) is 41.0 Å². The van der Waals surface area contributed by atoms with Gasteiger partial charge >= 0.3 is 6.03 Å². The molecule has 0 radical (unpaired) electrons. The largest absolute Gasteiger partial charge is 0.351 e. The molecule has 8 nitrogen and oxygen atoms in total. The molecule has 2 saturated heterocycles. The quantitative estimate of drug-likeness (QED) is 0.656. The van der Waals surface area contributed by atoms with Crippen LogP contribution in [0.3, 0.4) is 0 Å². The summed E-state index contributed by atoms with van der Waals surface area (Å²) in [6, 6.07) is 5.58. The van der Waals surface area contributed by atoms with Gasteiger partial charge in [-0.05, 0) is 24.6 Å². The Morgan fingerprint density at radius 2 is 1.89 bits per heavy atom. The summed E-state index contributed by atoms with van der Waals surface area (Å²) in [7, 11) is 3.12. The molecule has 4 unspecified atom stereocenters. The minimum atomic E-state index is -0.501. The van der Waals surface area contributed by atoms with E-state index in [1.165, 1.54) is 35.8 Å². The average Bonchev–Trinajstić information content (AvgIpc) is 2.68. The molecule has 10 heteroatoms. The highest BCUT2D eigenvalue weighted by molar-refractivity contribution is 8.00. The standard InChI is InChI=1S/C18H24FN5O3S/c1-10-21-15-14(17(26)24(3)18(27)23(15)2)16(22-10)28-9-13(25)20-8-11-4-6-12(19)7-5-11/h4-7,10,14-16,21-22H,8-9H2,1-3H3,(H,20,25). The van der Waals surface area contributed by atoms with E-state index in [1.54, 1.807) is 19.2 Å². The van der Waals surface area contributed by atoms with Gasteiger partial charge in [0, 0.05) is 20.6 Å². The highest BCUT2D eigenvalue weighted by Crippen LogP contribution is 2.31. The predicted molar refractivity (Wildman–Crippen MR) is 103 cm³/mol. The molecule has 2 aliphatic rings. The number of nitrogens with zero attached hydrogens (tertiary/aromatic N) is 2. The first-order valence-corrected chi connectivity index (χ1v) is 10.0. The topological polar surface area (TPSA) is 93.8 Å². The van der Waals surface area contributed by atoms with Gasteiger partial charge in [0.1, 0.15) is 5.82 Å². The van der Waals surface area contributed by atoms with E-state index in [2.05, 4.69) is 16.0 Å². The number of amides is 4. The number of carbonyl (C=O) groups is 3. The van der Waals surface area contributed by atoms with Gasteiger partial charge in [0.05, 0.1) is 29.4 Å². The second-order valence-corrected chi connectivity index (χ2v) is 8.08. The number of hydrogen-bond donors (Lipinski definition) is 3. The maximum atomic E-state index is 12.9. The zero-order valence-corrected chi connectivity index (χ0v) is 16.8. The summed E-state index contributed by atoms with van der Waals surface area (Å²) >= 11 is 1.33. The van der Waals surface area contributed by atoms with E-state index in [9.17, 15) is 18.8 Å². The molecular formula is C18H24FN5O3S. The van der Waals surface area contributed by atoms with Crippen LogP contribution in [0, 0.1) is 11.7 Å². The highest BCUT2D eigenvalue weighted by Gasteiger charge is 2.50. The van der Waals surface area contributed by atoms with Crippen molar-refractivity contribution in [2.24, 2.45) is 5.92 Å². The van der Waals surface area contributed by atoms with Crippen LogP contribution in [0.1, 0.15) is 12.5 Å². The Kier molecular flexibility index (Phi) is 6.21. The normalized spacial score (nSPS) is 27.6. The Morgan fingerprint density at radius 1 is 1.21 bits per heavy atom. The van der Waals surface area contributed by atoms with Crippen molar-refractivity contribution < 1.29 is 18.8 Å². The van der Waals surface area contributed by atoms with Crippen molar-refractivity contribution in [2.45, 2.75) is 31.2 Å². The van der Waals surface area contributed by atoms with Crippen molar-refractivity contribution in [2.75, 3.05) is 19.8 Å². The second kappa shape index (κ2) is 8.46. The molecule has 4 amide bonds. The minimum Gasteiger partial charge on any atom is -0.351 e. The Morgan fingerprint density at radius 3 is 2.57 bits per heavy atom. The lowest BCUT2D eigenvalue weighted by molar-refractivity contribution is -0.140. The Labute approximate surface area is 167 Å². The highest BCUT2D eigenvalue weighted by atomic mass is 32.2. The number of fused-ring (bicyclic) bond motifs is 1. The van der Waals surface area contributed by atoms with Crippen molar-refractivity contribution >= 4 is 29.6 Å². The molecule has 1 aromatic rings. The van der Waals surface area contributed by atoms with Crippen LogP contribution in [0.5, 0.6) is 0 Å². The number of carbonyl (C=O) groups excluding carboxylic acids is 3. The van der Waals surface area contributed by atoms with Gasteiger partial charge in [0.25, 0.3) is 0 Å². The van der Waals surface area contributed by atoms with Crippen molar-refractivity contribution in [1.29, 1.82) is 0 Å². The lowest BCUT2D eigenvalue weighted by Gasteiger charge is -2.49. The first-order valence-electron chi connectivity index (χ1n) is 8.97. The van der Waals surface area contributed by atoms with E-state index in [0.717, 1.165) is 10.5 Å². The SMILES string of the molecule is CC1NC(SCC(=O)NCc2ccc(F)cc2)C2C(=O)N(C)C(=O)N(C)C2N1. The molecule has 0 bridgehead atoms. The number of hydrogen-bond acceptors (Lipinski definition) is 6. The fraction of sp³-hybridized carbons (Fsp3) is 0.500. The number of halogens is 1. The van der Waals surface area contributed by atoms with Crippen LogP contribution >= 0.6 is 11.8 Å². The summed E-state index contributed by atoms with van der Waals surface area (Å²) in [5, 5.41) is 8.98. The molecule has 0 aliphatic carbocycles. The van der Waals surface area contributed by atoms with E-state index in [4.69, 9.17) is 0 Å². The summed E-state index contributed by atoms with van der Waals surface area (Å²) in [5.74, 6) is -1.12. The molecule has 28 heavy (non-hydrogen) atoms. The molecule has 2 heterocycles. The summed E-state index contributed by atoms with van der Waals surface area (Å²) < 4.78 is 12.9. The smallest absolute Gasteiger partial charge is 0.327 e. The molecule has 4 atom stereocenters. The molecule has 152 valence electrons. The third-order valence-corrected chi connectivity index (χ3v) is 6.14. The van der Waals surface area contributed by atoms with Crippen LogP contribution in [0.25, 0.3) is 0 Å². The van der Waals surface area contributed by atoms with Gasteiger partial charge in [0.15, 0.2) is 0 Å². The van der Waals surface area contributed by atoms with Crippen molar-refractivity contribution in [3.8, 4) is 0 Å². The number of rotatable bonds is 5. The summed E-state index contributed by atoms with van der Waals surface area (Å²) in [6.07, 6.45) is -0.542. The van der Waals surface area contributed by atoms with E-state index in [1.807, 2.05) is 6.92 Å². The second-order valence-electron chi connectivity index (χ2n) is 6.95. The van der Waals surface area contributed by atoms with Crippen LogP contribution in [0.15, 0.2) is 24.3 Å². The van der Waals surface area contributed by atoms with E-state index >= 15 is 0 Å². The predicted octanol–water partition coefficient (Wildman–Crippen LogP) is 0.506. The maximum Gasteiger partial charge on any atom is 0.327 e. The molecule has 0 spiro atoms. The van der Waals surface area contributed by atoms with Crippen molar-refractivity contribution in [3.63, 3.8) is 0 Å². The number of imide groups is 1. The number of benzene rings is 1. The van der Waals surface area contributed by atoms with Crippen molar-refractivity contribution in [1.82, 2.24) is 25.8 Å². The zero-order valence-electron chi connectivity index (χ0n) is 15.9. The molecule has 0 saturated carbocycles. The summed E-state index contributed by atoms with van der Waals surface area (Å²) in [4.78, 5) is 39.7. The van der Waals surface area contributed by atoms with Gasteiger partial charge < -0.3 is 10.2 Å². The fourth-order valence-electron chi connectivity index (χ4n) is 3.39. The third-order valence-electron chi connectivity index (χ3n) is 4.92. The first kappa shape index (κ1) is 20.6. The van der Waals surface area contributed by atoms with E-state index in [0.29, 0.717) is 6.54 Å². The lowest BCUT2D eigenvalue weighted by Crippen LogP contribution is -2.73. The van der Waals surface area contributed by atoms with Gasteiger partial charge in [-0.15, -0.1) is 11.8 Å². The third kappa shape index (κ3) is 4.29. The summed E-state index contributed by atoms with van der Waals surface area (Å²) in [6.45, 7) is 2.21. The number of thioether (sulfide) groups is 1. The minimum absolute atomic E-state index is 0.118. The zero-order chi connectivity index (χ0) is 20.4. The van der Waals surface area contributed by atoms with Crippen LogP contribution in [-0.4, -0.2) is 65.2 Å². The molecule has 2 aliphatic heterocycles. The van der Waals surface area contributed by atoms with Crippen LogP contribution in [0.2, 0.25) is 0 Å². The van der Waals surface area contributed by atoms with Gasteiger partial charge in [-0.25, -0.2) is 9.18 Å².